The summed E-state index contributed by atoms with van der Waals surface area (Å²) in [6.45, 7) is 2.65. The van der Waals surface area contributed by atoms with Gasteiger partial charge in [0.1, 0.15) is 5.82 Å². The summed E-state index contributed by atoms with van der Waals surface area (Å²) in [7, 11) is 0. The molecule has 0 aliphatic carbocycles. The Balaban J connectivity index is 2.18. The van der Waals surface area contributed by atoms with E-state index in [1.54, 1.807) is 11.8 Å². The Bertz CT molecular complexity index is 476. The number of thiol groups is 1. The van der Waals surface area contributed by atoms with E-state index in [0.29, 0.717) is 25.1 Å². The number of carbonyl (C=O) groups excluding carboxylic acids is 1. The van der Waals surface area contributed by atoms with Crippen molar-refractivity contribution in [1.29, 1.82) is 0 Å². The van der Waals surface area contributed by atoms with Crippen molar-refractivity contribution >= 4 is 18.5 Å². The number of benzene rings is 1. The monoisotopic (exact) mass is 269 g/mol. The number of hydrogen-bond donors (Lipinski definition) is 2. The average molecular weight is 269 g/mol. The van der Waals surface area contributed by atoms with Gasteiger partial charge in [0.05, 0.1) is 5.60 Å². The molecular weight excluding hydrogens is 253 g/mol. The summed E-state index contributed by atoms with van der Waals surface area (Å²) < 4.78 is 13.1. The molecule has 1 unspecified atom stereocenters. The highest BCUT2D eigenvalue weighted by molar-refractivity contribution is 7.80. The van der Waals surface area contributed by atoms with Gasteiger partial charge in [-0.3, -0.25) is 4.79 Å². The summed E-state index contributed by atoms with van der Waals surface area (Å²) in [5, 5.41) is 9.97. The van der Waals surface area contributed by atoms with Crippen molar-refractivity contribution in [2.75, 3.05) is 13.1 Å². The predicted octanol–water partition coefficient (Wildman–Crippen LogP) is 2.10. The molecule has 1 saturated heterocycles. The molecule has 98 valence electrons. The number of aliphatic hydroxyl groups is 1. The minimum absolute atomic E-state index is 0.157. The summed E-state index contributed by atoms with van der Waals surface area (Å²) in [6.07, 6.45) is 1.46. The smallest absolute Gasteiger partial charge is 0.253 e. The second-order valence-electron chi connectivity index (χ2n) is 4.99. The van der Waals surface area contributed by atoms with Crippen LogP contribution < -0.4 is 0 Å². The SMILES string of the molecule is CC1(O)CCCN(C(=O)c2ccc(F)c(S)c2)C1. The fourth-order valence-electron chi connectivity index (χ4n) is 2.22. The maximum atomic E-state index is 13.1. The van der Waals surface area contributed by atoms with Crippen LogP contribution in [-0.2, 0) is 0 Å². The molecule has 3 nitrogen and oxygen atoms in total. The summed E-state index contributed by atoms with van der Waals surface area (Å²) >= 11 is 3.96. The number of halogens is 1. The summed E-state index contributed by atoms with van der Waals surface area (Å²) in [4.78, 5) is 14.0. The highest BCUT2D eigenvalue weighted by atomic mass is 32.1. The van der Waals surface area contributed by atoms with Crippen molar-refractivity contribution in [2.45, 2.75) is 30.3 Å². The zero-order valence-corrected chi connectivity index (χ0v) is 11.1. The molecule has 1 fully saturated rings. The number of hydrogen-bond acceptors (Lipinski definition) is 3. The van der Waals surface area contributed by atoms with Crippen LogP contribution >= 0.6 is 12.6 Å². The average Bonchev–Trinajstić information content (AvgIpc) is 2.30. The molecule has 1 aromatic carbocycles. The molecular formula is C13H16FNO2S. The molecule has 2 rings (SSSR count). The number of nitrogens with zero attached hydrogens (tertiary/aromatic N) is 1. The molecule has 1 heterocycles. The highest BCUT2D eigenvalue weighted by Crippen LogP contribution is 2.23. The first kappa shape index (κ1) is 13.4. The molecule has 18 heavy (non-hydrogen) atoms. The highest BCUT2D eigenvalue weighted by Gasteiger charge is 2.31. The van der Waals surface area contributed by atoms with E-state index in [0.717, 1.165) is 6.42 Å². The first-order chi connectivity index (χ1) is 8.39. The van der Waals surface area contributed by atoms with Gasteiger partial charge in [-0.05, 0) is 38.0 Å². The first-order valence-corrected chi connectivity index (χ1v) is 6.34. The van der Waals surface area contributed by atoms with Gasteiger partial charge in [0.25, 0.3) is 5.91 Å². The minimum Gasteiger partial charge on any atom is -0.388 e. The van der Waals surface area contributed by atoms with Gasteiger partial charge in [0, 0.05) is 23.5 Å². The molecule has 0 radical (unpaired) electrons. The van der Waals surface area contributed by atoms with Gasteiger partial charge in [0.15, 0.2) is 0 Å². The largest absolute Gasteiger partial charge is 0.388 e. The molecule has 1 aliphatic rings. The van der Waals surface area contributed by atoms with Crippen LogP contribution in [0.2, 0.25) is 0 Å². The molecule has 1 aliphatic heterocycles. The molecule has 1 N–H and O–H groups in total. The van der Waals surface area contributed by atoms with Crippen LogP contribution in [0.4, 0.5) is 4.39 Å². The normalized spacial score (nSPS) is 24.1. The van der Waals surface area contributed by atoms with Gasteiger partial charge in [-0.15, -0.1) is 12.6 Å². The quantitative estimate of drug-likeness (QED) is 0.767. The Kier molecular flexibility index (Phi) is 3.64. The third kappa shape index (κ3) is 2.84. The zero-order chi connectivity index (χ0) is 13.3. The first-order valence-electron chi connectivity index (χ1n) is 5.89. The van der Waals surface area contributed by atoms with Crippen molar-refractivity contribution in [3.8, 4) is 0 Å². The molecule has 1 aromatic rings. The van der Waals surface area contributed by atoms with Crippen LogP contribution in [0.25, 0.3) is 0 Å². The zero-order valence-electron chi connectivity index (χ0n) is 10.2. The maximum Gasteiger partial charge on any atom is 0.253 e. The van der Waals surface area contributed by atoms with Gasteiger partial charge >= 0.3 is 0 Å². The Hall–Kier alpha value is -1.07. The predicted molar refractivity (Wildman–Crippen MR) is 69.4 cm³/mol. The maximum absolute atomic E-state index is 13.1. The van der Waals surface area contributed by atoms with Crippen molar-refractivity contribution < 1.29 is 14.3 Å². The fraction of sp³-hybridized carbons (Fsp3) is 0.462. The number of amides is 1. The number of carbonyl (C=O) groups is 1. The summed E-state index contributed by atoms with van der Waals surface area (Å²) in [6, 6.07) is 4.10. The Labute approximate surface area is 111 Å². The van der Waals surface area contributed by atoms with E-state index in [-0.39, 0.29) is 10.8 Å². The van der Waals surface area contributed by atoms with Crippen molar-refractivity contribution in [1.82, 2.24) is 4.90 Å². The van der Waals surface area contributed by atoms with Gasteiger partial charge in [-0.1, -0.05) is 0 Å². The number of likely N-dealkylation sites (tertiary alicyclic amines) is 1. The molecule has 0 aromatic heterocycles. The lowest BCUT2D eigenvalue weighted by Crippen LogP contribution is -2.48. The van der Waals surface area contributed by atoms with E-state index in [4.69, 9.17) is 0 Å². The van der Waals surface area contributed by atoms with Crippen LogP contribution in [-0.4, -0.2) is 34.6 Å². The second-order valence-corrected chi connectivity index (χ2v) is 5.48. The van der Waals surface area contributed by atoms with E-state index < -0.39 is 11.4 Å². The van der Waals surface area contributed by atoms with Gasteiger partial charge in [0.2, 0.25) is 0 Å². The lowest BCUT2D eigenvalue weighted by atomic mass is 9.94. The standard InChI is InChI=1S/C13H16FNO2S/c1-13(17)5-2-6-15(8-13)12(16)9-3-4-10(14)11(18)7-9/h3-4,7,17-18H,2,5-6,8H2,1H3. The number of piperidine rings is 1. The molecule has 5 heteroatoms. The third-order valence-electron chi connectivity index (χ3n) is 3.16. The fourth-order valence-corrected chi connectivity index (χ4v) is 2.44. The van der Waals surface area contributed by atoms with Crippen LogP contribution in [0.3, 0.4) is 0 Å². The topological polar surface area (TPSA) is 40.5 Å². The summed E-state index contributed by atoms with van der Waals surface area (Å²) in [5.41, 5.74) is -0.434. The number of rotatable bonds is 1. The molecule has 1 atom stereocenters. The molecule has 0 saturated carbocycles. The van der Waals surface area contributed by atoms with Crippen molar-refractivity contribution in [3.63, 3.8) is 0 Å². The van der Waals surface area contributed by atoms with E-state index in [2.05, 4.69) is 12.6 Å². The lowest BCUT2D eigenvalue weighted by Gasteiger charge is -2.36. The van der Waals surface area contributed by atoms with Crippen LogP contribution in [0.1, 0.15) is 30.1 Å². The van der Waals surface area contributed by atoms with Crippen molar-refractivity contribution in [2.24, 2.45) is 0 Å². The molecule has 0 spiro atoms. The minimum atomic E-state index is -0.836. The van der Waals surface area contributed by atoms with Gasteiger partial charge in [-0.2, -0.15) is 0 Å². The third-order valence-corrected chi connectivity index (χ3v) is 3.50. The van der Waals surface area contributed by atoms with E-state index in [1.165, 1.54) is 18.2 Å². The van der Waals surface area contributed by atoms with Crippen LogP contribution in [0, 0.1) is 5.82 Å². The second kappa shape index (κ2) is 4.90. The lowest BCUT2D eigenvalue weighted by molar-refractivity contribution is -0.0107. The number of β-amino-alcohol motifs (C(OH)–C–C–N with tert-alkyl or cyclic N) is 1. The van der Waals surface area contributed by atoms with Gasteiger partial charge < -0.3 is 10.0 Å². The molecule has 1 amide bonds. The Morgan fingerprint density at radius 1 is 1.56 bits per heavy atom. The van der Waals surface area contributed by atoms with E-state index >= 15 is 0 Å². The van der Waals surface area contributed by atoms with E-state index in [1.807, 2.05) is 0 Å². The van der Waals surface area contributed by atoms with E-state index in [9.17, 15) is 14.3 Å². The summed E-state index contributed by atoms with van der Waals surface area (Å²) in [5.74, 6) is -0.634. The molecule has 0 bridgehead atoms. The Morgan fingerprint density at radius 2 is 2.28 bits per heavy atom. The van der Waals surface area contributed by atoms with Crippen molar-refractivity contribution in [3.05, 3.63) is 29.6 Å². The van der Waals surface area contributed by atoms with Crippen LogP contribution in [0.15, 0.2) is 23.1 Å². The van der Waals surface area contributed by atoms with Gasteiger partial charge in [-0.25, -0.2) is 4.39 Å². The Morgan fingerprint density at radius 3 is 2.89 bits per heavy atom. The van der Waals surface area contributed by atoms with Crippen LogP contribution in [0.5, 0.6) is 0 Å².